The molecular weight excluding hydrogens is 302 g/mol. The van der Waals surface area contributed by atoms with Crippen molar-refractivity contribution in [3.8, 4) is 0 Å². The Morgan fingerprint density at radius 1 is 1.45 bits per heavy atom. The average molecular weight is 319 g/mol. The normalized spacial score (nSPS) is 23.6. The van der Waals surface area contributed by atoms with Crippen LogP contribution in [0.25, 0.3) is 0 Å². The van der Waals surface area contributed by atoms with E-state index in [1.54, 1.807) is 6.20 Å². The third-order valence-corrected chi connectivity index (χ3v) is 4.70. The number of ether oxygens (including phenoxy) is 1. The van der Waals surface area contributed by atoms with Gasteiger partial charge in [-0.3, -0.25) is 0 Å². The molecule has 0 radical (unpaired) electrons. The van der Waals surface area contributed by atoms with E-state index in [9.17, 15) is 9.90 Å². The monoisotopic (exact) mass is 319 g/mol. The Kier molecular flexibility index (Phi) is 4.00. The van der Waals surface area contributed by atoms with Gasteiger partial charge < -0.3 is 20.9 Å². The van der Waals surface area contributed by atoms with Crippen molar-refractivity contribution in [1.29, 1.82) is 0 Å². The fourth-order valence-corrected chi connectivity index (χ4v) is 3.29. The van der Waals surface area contributed by atoms with Crippen LogP contribution in [0.3, 0.4) is 0 Å². The second-order valence-electron chi connectivity index (χ2n) is 5.41. The summed E-state index contributed by atoms with van der Waals surface area (Å²) in [5, 5.41) is 13.6. The van der Waals surface area contributed by atoms with Gasteiger partial charge in [0.15, 0.2) is 5.13 Å². The number of aromatic nitrogens is 1. The lowest BCUT2D eigenvalue weighted by Crippen LogP contribution is -2.53. The van der Waals surface area contributed by atoms with Gasteiger partial charge in [-0.15, -0.1) is 0 Å². The van der Waals surface area contributed by atoms with Gasteiger partial charge in [-0.2, -0.15) is 0 Å². The lowest BCUT2D eigenvalue weighted by molar-refractivity contribution is -0.0579. The number of benzene rings is 1. The molecule has 0 unspecified atom stereocenters. The summed E-state index contributed by atoms with van der Waals surface area (Å²) in [7, 11) is 0. The number of carbonyl (C=O) groups excluding carboxylic acids is 1. The van der Waals surface area contributed by atoms with E-state index >= 15 is 0 Å². The molecule has 1 saturated carbocycles. The number of carbonyl (C=O) groups is 1. The van der Waals surface area contributed by atoms with E-state index in [0.29, 0.717) is 18.0 Å². The highest BCUT2D eigenvalue weighted by Crippen LogP contribution is 2.43. The van der Waals surface area contributed by atoms with Crippen molar-refractivity contribution in [1.82, 2.24) is 10.3 Å². The maximum absolute atomic E-state index is 11.7. The summed E-state index contributed by atoms with van der Waals surface area (Å²) >= 11 is 1.27. The van der Waals surface area contributed by atoms with Gasteiger partial charge in [0.25, 0.3) is 0 Å². The molecule has 116 valence electrons. The fourth-order valence-electron chi connectivity index (χ4n) is 2.49. The molecule has 1 aromatic carbocycles. The molecule has 1 aromatic heterocycles. The molecule has 6 nitrogen and oxygen atoms in total. The summed E-state index contributed by atoms with van der Waals surface area (Å²) in [6, 6.07) is 9.38. The van der Waals surface area contributed by atoms with E-state index in [0.717, 1.165) is 10.4 Å². The minimum absolute atomic E-state index is 0.100. The quantitative estimate of drug-likeness (QED) is 0.801. The lowest BCUT2D eigenvalue weighted by Gasteiger charge is -2.42. The number of hydrogen-bond donors (Lipinski definition) is 3. The van der Waals surface area contributed by atoms with Crippen molar-refractivity contribution in [2.24, 2.45) is 0 Å². The topological polar surface area (TPSA) is 97.5 Å². The zero-order valence-electron chi connectivity index (χ0n) is 11.9. The minimum atomic E-state index is -0.938. The standard InChI is InChI=1S/C15H17N3O3S/c16-13-17-8-12(22-13)15(20)6-11(7-15)18-14(19)21-9-10-4-2-1-3-5-10/h1-5,8,11,20H,6-7,9H2,(H2,16,17)(H,18,19). The zero-order chi connectivity index (χ0) is 15.6. The van der Waals surface area contributed by atoms with E-state index < -0.39 is 11.7 Å². The Bertz CT molecular complexity index is 653. The first-order valence-electron chi connectivity index (χ1n) is 6.96. The largest absolute Gasteiger partial charge is 0.445 e. The van der Waals surface area contributed by atoms with Gasteiger partial charge in [-0.25, -0.2) is 9.78 Å². The summed E-state index contributed by atoms with van der Waals surface area (Å²) in [6.45, 7) is 0.231. The number of amides is 1. The first-order valence-corrected chi connectivity index (χ1v) is 7.78. The zero-order valence-corrected chi connectivity index (χ0v) is 12.7. The van der Waals surface area contributed by atoms with Crippen molar-refractivity contribution in [3.05, 3.63) is 47.0 Å². The molecule has 1 amide bonds. The molecule has 3 rings (SSSR count). The Hall–Kier alpha value is -2.12. The summed E-state index contributed by atoms with van der Waals surface area (Å²) in [5.41, 5.74) is 5.57. The van der Waals surface area contributed by atoms with E-state index in [4.69, 9.17) is 10.5 Å². The SMILES string of the molecule is Nc1ncc(C2(O)CC(NC(=O)OCc3ccccc3)C2)s1. The number of rotatable bonds is 4. The van der Waals surface area contributed by atoms with Gasteiger partial charge in [0.05, 0.1) is 4.88 Å². The third-order valence-electron chi connectivity index (χ3n) is 3.69. The van der Waals surface area contributed by atoms with Crippen LogP contribution in [0, 0.1) is 0 Å². The number of thiazole rings is 1. The second kappa shape index (κ2) is 5.94. The second-order valence-corrected chi connectivity index (χ2v) is 6.47. The predicted molar refractivity (Wildman–Crippen MR) is 83.2 cm³/mol. The van der Waals surface area contributed by atoms with E-state index in [1.165, 1.54) is 11.3 Å². The van der Waals surface area contributed by atoms with Crippen molar-refractivity contribution in [3.63, 3.8) is 0 Å². The lowest BCUT2D eigenvalue weighted by atomic mass is 9.75. The number of nitrogens with zero attached hydrogens (tertiary/aromatic N) is 1. The summed E-state index contributed by atoms with van der Waals surface area (Å²) in [5.74, 6) is 0. The van der Waals surface area contributed by atoms with Crippen LogP contribution in [0.1, 0.15) is 23.3 Å². The van der Waals surface area contributed by atoms with Gasteiger partial charge in [-0.1, -0.05) is 41.7 Å². The van der Waals surface area contributed by atoms with Gasteiger partial charge >= 0.3 is 6.09 Å². The first-order chi connectivity index (χ1) is 10.5. The number of hydrogen-bond acceptors (Lipinski definition) is 6. The van der Waals surface area contributed by atoms with Crippen LogP contribution in [0.4, 0.5) is 9.93 Å². The molecule has 0 bridgehead atoms. The molecule has 1 aliphatic carbocycles. The maximum Gasteiger partial charge on any atom is 0.407 e. The molecule has 0 saturated heterocycles. The molecule has 7 heteroatoms. The molecule has 1 heterocycles. The van der Waals surface area contributed by atoms with Crippen LogP contribution in [0.2, 0.25) is 0 Å². The molecule has 2 aromatic rings. The Labute approximate surface area is 131 Å². The average Bonchev–Trinajstić information content (AvgIpc) is 2.91. The number of anilines is 1. The van der Waals surface area contributed by atoms with Crippen LogP contribution in [0.15, 0.2) is 36.5 Å². The highest BCUT2D eigenvalue weighted by atomic mass is 32.1. The Morgan fingerprint density at radius 3 is 2.82 bits per heavy atom. The number of nitrogens with two attached hydrogens (primary N) is 1. The summed E-state index contributed by atoms with van der Waals surface area (Å²) < 4.78 is 5.15. The number of alkyl carbamates (subject to hydrolysis) is 1. The van der Waals surface area contributed by atoms with E-state index in [-0.39, 0.29) is 12.6 Å². The van der Waals surface area contributed by atoms with Crippen molar-refractivity contribution in [2.45, 2.75) is 31.1 Å². The predicted octanol–water partition coefficient (Wildman–Crippen LogP) is 2.00. The molecule has 4 N–H and O–H groups in total. The van der Waals surface area contributed by atoms with Crippen molar-refractivity contribution < 1.29 is 14.6 Å². The van der Waals surface area contributed by atoms with Gasteiger partial charge in [0.2, 0.25) is 0 Å². The molecule has 0 aliphatic heterocycles. The summed E-state index contributed by atoms with van der Waals surface area (Å²) in [6.07, 6.45) is 1.99. The Balaban J connectivity index is 1.45. The fraction of sp³-hybridized carbons (Fsp3) is 0.333. The number of nitrogens with one attached hydrogen (secondary N) is 1. The van der Waals surface area contributed by atoms with E-state index in [2.05, 4.69) is 10.3 Å². The van der Waals surface area contributed by atoms with Gasteiger partial charge in [0, 0.05) is 25.1 Å². The van der Waals surface area contributed by atoms with Crippen LogP contribution in [-0.4, -0.2) is 22.2 Å². The molecule has 0 atom stereocenters. The van der Waals surface area contributed by atoms with Gasteiger partial charge in [0.1, 0.15) is 12.2 Å². The molecule has 0 spiro atoms. The van der Waals surface area contributed by atoms with Gasteiger partial charge in [-0.05, 0) is 5.56 Å². The first kappa shape index (κ1) is 14.8. The number of aliphatic hydroxyl groups is 1. The van der Waals surface area contributed by atoms with Crippen LogP contribution in [-0.2, 0) is 16.9 Å². The molecular formula is C15H17N3O3S. The van der Waals surface area contributed by atoms with Crippen molar-refractivity contribution in [2.75, 3.05) is 5.73 Å². The third kappa shape index (κ3) is 3.20. The van der Waals surface area contributed by atoms with E-state index in [1.807, 2.05) is 30.3 Å². The maximum atomic E-state index is 11.7. The molecule has 1 fully saturated rings. The molecule has 1 aliphatic rings. The summed E-state index contributed by atoms with van der Waals surface area (Å²) in [4.78, 5) is 16.4. The Morgan fingerprint density at radius 2 is 2.18 bits per heavy atom. The molecule has 22 heavy (non-hydrogen) atoms. The highest BCUT2D eigenvalue weighted by molar-refractivity contribution is 7.15. The smallest absolute Gasteiger partial charge is 0.407 e. The van der Waals surface area contributed by atoms with Crippen LogP contribution >= 0.6 is 11.3 Å². The van der Waals surface area contributed by atoms with Crippen LogP contribution in [0.5, 0.6) is 0 Å². The highest BCUT2D eigenvalue weighted by Gasteiger charge is 2.46. The minimum Gasteiger partial charge on any atom is -0.445 e. The van der Waals surface area contributed by atoms with Crippen LogP contribution < -0.4 is 11.1 Å². The number of nitrogen functional groups attached to an aromatic ring is 1. The van der Waals surface area contributed by atoms with Crippen molar-refractivity contribution >= 4 is 22.6 Å².